The zero-order chi connectivity index (χ0) is 14.1. The predicted molar refractivity (Wildman–Crippen MR) is 74.6 cm³/mol. The van der Waals surface area contributed by atoms with Gasteiger partial charge in [0.2, 0.25) is 0 Å². The first-order chi connectivity index (χ1) is 9.70. The van der Waals surface area contributed by atoms with Crippen molar-refractivity contribution < 1.29 is 13.9 Å². The van der Waals surface area contributed by atoms with E-state index in [0.717, 1.165) is 23.3 Å². The van der Waals surface area contributed by atoms with Crippen molar-refractivity contribution in [2.45, 2.75) is 12.5 Å². The number of rotatable bonds is 3. The lowest BCUT2D eigenvalue weighted by atomic mass is 9.96. The van der Waals surface area contributed by atoms with Gasteiger partial charge < -0.3 is 15.2 Å². The van der Waals surface area contributed by atoms with E-state index in [9.17, 15) is 4.39 Å². The molecule has 0 bridgehead atoms. The summed E-state index contributed by atoms with van der Waals surface area (Å²) in [5.74, 6) is 0.674. The monoisotopic (exact) mass is 273 g/mol. The molecule has 0 aromatic heterocycles. The Balaban J connectivity index is 2.01. The van der Waals surface area contributed by atoms with E-state index >= 15 is 0 Å². The van der Waals surface area contributed by atoms with Gasteiger partial charge in [-0.3, -0.25) is 0 Å². The van der Waals surface area contributed by atoms with E-state index in [2.05, 4.69) is 0 Å². The number of nitrogens with two attached hydrogens (primary N) is 1. The van der Waals surface area contributed by atoms with E-state index in [0.29, 0.717) is 6.61 Å². The van der Waals surface area contributed by atoms with E-state index in [1.165, 1.54) is 18.7 Å². The van der Waals surface area contributed by atoms with E-state index in [-0.39, 0.29) is 11.8 Å². The first-order valence-corrected chi connectivity index (χ1v) is 6.54. The maximum Gasteiger partial charge on any atom is 0.165 e. The highest BCUT2D eigenvalue weighted by molar-refractivity contribution is 5.49. The summed E-state index contributed by atoms with van der Waals surface area (Å²) in [6, 6.07) is 10.3. The van der Waals surface area contributed by atoms with Crippen LogP contribution in [0.4, 0.5) is 4.39 Å². The van der Waals surface area contributed by atoms with Crippen molar-refractivity contribution in [2.75, 3.05) is 13.7 Å². The molecular formula is C16H16FNO2. The highest BCUT2D eigenvalue weighted by atomic mass is 19.1. The molecule has 2 aromatic carbocycles. The second-order valence-electron chi connectivity index (χ2n) is 4.81. The van der Waals surface area contributed by atoms with Crippen molar-refractivity contribution in [1.29, 1.82) is 0 Å². The molecule has 0 spiro atoms. The van der Waals surface area contributed by atoms with Crippen LogP contribution in [0.1, 0.15) is 22.7 Å². The lowest BCUT2D eigenvalue weighted by Gasteiger charge is -2.17. The lowest BCUT2D eigenvalue weighted by Crippen LogP contribution is -2.13. The highest BCUT2D eigenvalue weighted by Crippen LogP contribution is 2.35. The smallest absolute Gasteiger partial charge is 0.165 e. The van der Waals surface area contributed by atoms with Gasteiger partial charge >= 0.3 is 0 Å². The highest BCUT2D eigenvalue weighted by Gasteiger charge is 2.21. The average molecular weight is 273 g/mol. The minimum absolute atomic E-state index is 0.200. The molecule has 0 aliphatic carbocycles. The normalized spacial score (nSPS) is 14.6. The Morgan fingerprint density at radius 1 is 1.30 bits per heavy atom. The fourth-order valence-electron chi connectivity index (χ4n) is 2.53. The van der Waals surface area contributed by atoms with Crippen LogP contribution in [0.15, 0.2) is 36.4 Å². The molecule has 20 heavy (non-hydrogen) atoms. The van der Waals surface area contributed by atoms with Crippen LogP contribution in [-0.2, 0) is 6.42 Å². The van der Waals surface area contributed by atoms with Crippen LogP contribution in [0.3, 0.4) is 0 Å². The van der Waals surface area contributed by atoms with Crippen LogP contribution >= 0.6 is 0 Å². The van der Waals surface area contributed by atoms with Gasteiger partial charge in [0.1, 0.15) is 5.75 Å². The summed E-state index contributed by atoms with van der Waals surface area (Å²) in [4.78, 5) is 0. The van der Waals surface area contributed by atoms with Gasteiger partial charge in [0, 0.05) is 12.0 Å². The molecule has 2 N–H and O–H groups in total. The largest absolute Gasteiger partial charge is 0.494 e. The first kappa shape index (κ1) is 12.9. The molecule has 2 aromatic rings. The molecule has 1 aliphatic rings. The zero-order valence-corrected chi connectivity index (χ0v) is 11.2. The second kappa shape index (κ2) is 5.13. The summed E-state index contributed by atoms with van der Waals surface area (Å²) in [6.45, 7) is 0.686. The number of para-hydroxylation sites is 1. The Kier molecular flexibility index (Phi) is 3.32. The quantitative estimate of drug-likeness (QED) is 0.935. The zero-order valence-electron chi connectivity index (χ0n) is 11.2. The molecule has 1 atom stereocenters. The SMILES string of the molecule is COc1cc(C(N)c2cccc3c2OCC3)ccc1F. The molecule has 104 valence electrons. The number of hydrogen-bond donors (Lipinski definition) is 1. The van der Waals surface area contributed by atoms with Crippen molar-refractivity contribution in [2.24, 2.45) is 5.73 Å². The fraction of sp³-hybridized carbons (Fsp3) is 0.250. The number of benzene rings is 2. The van der Waals surface area contributed by atoms with Crippen molar-refractivity contribution in [3.05, 3.63) is 58.9 Å². The number of methoxy groups -OCH3 is 1. The van der Waals surface area contributed by atoms with Crippen molar-refractivity contribution in [3.8, 4) is 11.5 Å². The Labute approximate surface area is 117 Å². The summed E-state index contributed by atoms with van der Waals surface area (Å²) in [5.41, 5.74) is 9.20. The Morgan fingerprint density at radius 3 is 2.95 bits per heavy atom. The maximum atomic E-state index is 13.5. The summed E-state index contributed by atoms with van der Waals surface area (Å²) in [7, 11) is 1.44. The van der Waals surface area contributed by atoms with Crippen molar-refractivity contribution in [1.82, 2.24) is 0 Å². The number of halogens is 1. The molecule has 0 saturated heterocycles. The Hall–Kier alpha value is -2.07. The van der Waals surface area contributed by atoms with Gasteiger partial charge in [-0.1, -0.05) is 24.3 Å². The lowest BCUT2D eigenvalue weighted by molar-refractivity contribution is 0.352. The van der Waals surface area contributed by atoms with Crippen LogP contribution in [-0.4, -0.2) is 13.7 Å². The van der Waals surface area contributed by atoms with Gasteiger partial charge in [0.25, 0.3) is 0 Å². The Bertz CT molecular complexity index is 642. The molecule has 0 radical (unpaired) electrons. The van der Waals surface area contributed by atoms with Crippen LogP contribution in [0.2, 0.25) is 0 Å². The van der Waals surface area contributed by atoms with E-state index in [4.69, 9.17) is 15.2 Å². The van der Waals surface area contributed by atoms with E-state index in [1.807, 2.05) is 18.2 Å². The van der Waals surface area contributed by atoms with Gasteiger partial charge in [-0.2, -0.15) is 0 Å². The van der Waals surface area contributed by atoms with Crippen molar-refractivity contribution in [3.63, 3.8) is 0 Å². The van der Waals surface area contributed by atoms with Gasteiger partial charge in [-0.25, -0.2) is 4.39 Å². The van der Waals surface area contributed by atoms with Gasteiger partial charge in [-0.15, -0.1) is 0 Å². The maximum absolute atomic E-state index is 13.5. The molecule has 1 aliphatic heterocycles. The minimum Gasteiger partial charge on any atom is -0.494 e. The standard InChI is InChI=1S/C16H16FNO2/c1-19-14-9-11(5-6-13(14)17)15(18)12-4-2-3-10-7-8-20-16(10)12/h2-6,9,15H,7-8,18H2,1H3. The summed E-state index contributed by atoms with van der Waals surface area (Å²) >= 11 is 0. The third kappa shape index (κ3) is 2.12. The molecule has 1 heterocycles. The fourth-order valence-corrected chi connectivity index (χ4v) is 2.53. The predicted octanol–water partition coefficient (Wildman–Crippen LogP) is 2.82. The molecule has 3 rings (SSSR count). The van der Waals surface area contributed by atoms with Gasteiger partial charge in [0.05, 0.1) is 19.8 Å². The van der Waals surface area contributed by atoms with Crippen LogP contribution in [0.25, 0.3) is 0 Å². The van der Waals surface area contributed by atoms with E-state index in [1.54, 1.807) is 12.1 Å². The summed E-state index contributed by atoms with van der Waals surface area (Å²) in [5, 5.41) is 0. The van der Waals surface area contributed by atoms with Crippen molar-refractivity contribution >= 4 is 0 Å². The number of fused-ring (bicyclic) bond motifs is 1. The third-order valence-electron chi connectivity index (χ3n) is 3.61. The second-order valence-corrected chi connectivity index (χ2v) is 4.81. The summed E-state index contributed by atoms with van der Waals surface area (Å²) < 4.78 is 24.1. The van der Waals surface area contributed by atoms with Crippen LogP contribution < -0.4 is 15.2 Å². The molecule has 4 heteroatoms. The molecule has 0 saturated carbocycles. The summed E-state index contributed by atoms with van der Waals surface area (Å²) in [6.07, 6.45) is 0.905. The number of ether oxygens (including phenoxy) is 2. The first-order valence-electron chi connectivity index (χ1n) is 6.54. The van der Waals surface area contributed by atoms with Crippen LogP contribution in [0.5, 0.6) is 11.5 Å². The van der Waals surface area contributed by atoms with E-state index < -0.39 is 5.82 Å². The molecule has 0 fully saturated rings. The Morgan fingerprint density at radius 2 is 2.15 bits per heavy atom. The van der Waals surface area contributed by atoms with Crippen LogP contribution in [0, 0.1) is 5.82 Å². The molecule has 3 nitrogen and oxygen atoms in total. The minimum atomic E-state index is -0.391. The average Bonchev–Trinajstić information content (AvgIpc) is 2.95. The van der Waals surface area contributed by atoms with Gasteiger partial charge in [-0.05, 0) is 23.3 Å². The number of hydrogen-bond acceptors (Lipinski definition) is 3. The third-order valence-corrected chi connectivity index (χ3v) is 3.61. The molecular weight excluding hydrogens is 257 g/mol. The molecule has 0 amide bonds. The molecule has 1 unspecified atom stereocenters. The topological polar surface area (TPSA) is 44.5 Å². The van der Waals surface area contributed by atoms with Gasteiger partial charge in [0.15, 0.2) is 11.6 Å².